The molecule has 1 saturated heterocycles. The number of carbonyl (C=O) groups is 3. The molecule has 15 heteroatoms. The molecule has 0 atom stereocenters. The predicted octanol–water partition coefficient (Wildman–Crippen LogP) is 7.26. The molecule has 1 fully saturated rings. The Bertz CT molecular complexity index is 2050. The number of aromatic nitrogens is 1. The number of fused-ring (bicyclic) bond motifs is 1. The average Bonchev–Trinajstić information content (AvgIpc) is 3.71. The van der Waals surface area contributed by atoms with Gasteiger partial charge in [-0.1, -0.05) is 40.8 Å². The van der Waals surface area contributed by atoms with Gasteiger partial charge >= 0.3 is 12.1 Å². The van der Waals surface area contributed by atoms with Crippen molar-refractivity contribution in [2.75, 3.05) is 35.4 Å². The molecule has 0 saturated carbocycles. The minimum absolute atomic E-state index is 0.0160. The number of hydrogen-bond acceptors (Lipinski definition) is 10. The minimum atomic E-state index is -0.530. The van der Waals surface area contributed by atoms with Gasteiger partial charge in [-0.3, -0.25) is 14.6 Å². The third kappa shape index (κ3) is 6.62. The molecule has 3 aliphatic heterocycles. The lowest BCUT2D eigenvalue weighted by atomic mass is 10.0. The second kappa shape index (κ2) is 13.6. The number of carbonyl (C=O) groups excluding carboxylic acids is 3. The van der Waals surface area contributed by atoms with Crippen LogP contribution in [0, 0.1) is 11.3 Å². The number of hydrogen-bond donors (Lipinski definition) is 3. The lowest BCUT2D eigenvalue weighted by Gasteiger charge is -2.32. The summed E-state index contributed by atoms with van der Waals surface area (Å²) in [6.07, 6.45) is 2.71. The highest BCUT2D eigenvalue weighted by Crippen LogP contribution is 2.52. The van der Waals surface area contributed by atoms with Gasteiger partial charge in [0.05, 0.1) is 22.3 Å². The van der Waals surface area contributed by atoms with Gasteiger partial charge in [0.15, 0.2) is 11.5 Å². The summed E-state index contributed by atoms with van der Waals surface area (Å²) in [5, 5.41) is 19.5. The van der Waals surface area contributed by atoms with E-state index in [9.17, 15) is 19.6 Å². The molecule has 13 nitrogen and oxygen atoms in total. The summed E-state index contributed by atoms with van der Waals surface area (Å²) in [5.74, 6) is 0.520. The Morgan fingerprint density at radius 2 is 1.90 bits per heavy atom. The monoisotopic (exact) mass is 807 g/mol. The number of nitrogens with zero attached hydrogens (tertiary/aromatic N) is 4. The SMILES string of the molecule is CC(C)(C)OC(=O)NC1CCN(Cc2ccc(NC(=O)c3sc4ncc(C#N)c5c4c3NC(=O)N5c3c(CI)ccc4c3OCO4)cc2)CC1. The Morgan fingerprint density at radius 3 is 2.60 bits per heavy atom. The second-order valence-corrected chi connectivity index (χ2v) is 14.9. The first-order valence-corrected chi connectivity index (χ1v) is 18.4. The van der Waals surface area contributed by atoms with Crippen LogP contribution >= 0.6 is 33.9 Å². The fourth-order valence-corrected chi connectivity index (χ4v) is 7.93. The number of halogens is 1. The van der Waals surface area contributed by atoms with Gasteiger partial charge in [0, 0.05) is 42.0 Å². The maximum absolute atomic E-state index is 13.9. The Kier molecular flexibility index (Phi) is 9.18. The van der Waals surface area contributed by atoms with Gasteiger partial charge in [0.25, 0.3) is 5.91 Å². The second-order valence-electron chi connectivity index (χ2n) is 13.2. The van der Waals surface area contributed by atoms with Crippen LogP contribution in [0.1, 0.15) is 60.0 Å². The highest BCUT2D eigenvalue weighted by Gasteiger charge is 2.38. The van der Waals surface area contributed by atoms with Crippen LogP contribution in [0.3, 0.4) is 0 Å². The van der Waals surface area contributed by atoms with E-state index in [2.05, 4.69) is 54.5 Å². The first-order chi connectivity index (χ1) is 24.0. The van der Waals surface area contributed by atoms with Crippen molar-refractivity contribution in [3.05, 3.63) is 64.2 Å². The molecule has 3 N–H and O–H groups in total. The van der Waals surface area contributed by atoms with Crippen molar-refractivity contribution in [1.82, 2.24) is 15.2 Å². The smallest absolute Gasteiger partial charge is 0.407 e. The Labute approximate surface area is 306 Å². The van der Waals surface area contributed by atoms with E-state index in [1.165, 1.54) is 11.1 Å². The van der Waals surface area contributed by atoms with Crippen LogP contribution in [-0.4, -0.2) is 59.4 Å². The zero-order valence-electron chi connectivity index (χ0n) is 27.6. The van der Waals surface area contributed by atoms with E-state index in [0.29, 0.717) is 48.9 Å². The lowest BCUT2D eigenvalue weighted by Crippen LogP contribution is -2.45. The quantitative estimate of drug-likeness (QED) is 0.129. The minimum Gasteiger partial charge on any atom is -0.454 e. The summed E-state index contributed by atoms with van der Waals surface area (Å²) in [4.78, 5) is 48.8. The van der Waals surface area contributed by atoms with Crippen molar-refractivity contribution in [3.8, 4) is 17.6 Å². The first-order valence-electron chi connectivity index (χ1n) is 16.1. The number of urea groups is 1. The summed E-state index contributed by atoms with van der Waals surface area (Å²) in [5.41, 5.74) is 3.31. The van der Waals surface area contributed by atoms with Crippen LogP contribution in [0.25, 0.3) is 10.2 Å². The molecule has 3 aliphatic rings. The molecule has 4 amide bonds. The molecule has 5 heterocycles. The fourth-order valence-electron chi connectivity index (χ4n) is 6.32. The zero-order chi connectivity index (χ0) is 35.2. The van der Waals surface area contributed by atoms with Crippen LogP contribution in [0.4, 0.5) is 32.3 Å². The molecular formula is C35H34IN7O6S. The standard InChI is InChI=1S/C35H34IN7O6S/c1-35(2,3)49-34(46)40-23-10-12-42(13-11-23)17-19-4-7-22(8-5-19)39-31(44)30-26-25-27(21(15-37)16-38-32(25)50-30)43(33(45)41-26)28-20(14-36)6-9-24-29(28)48-18-47-24/h4-9,16,23H,10-14,17-18H2,1-3H3,(H,39,44)(H,40,46)(H,41,45). The van der Waals surface area contributed by atoms with Gasteiger partial charge < -0.3 is 30.2 Å². The zero-order valence-corrected chi connectivity index (χ0v) is 30.6. The molecule has 258 valence electrons. The van der Waals surface area contributed by atoms with Crippen molar-refractivity contribution in [3.63, 3.8) is 0 Å². The maximum Gasteiger partial charge on any atom is 0.407 e. The van der Waals surface area contributed by atoms with Gasteiger partial charge in [-0.15, -0.1) is 11.3 Å². The average molecular weight is 808 g/mol. The number of amides is 4. The number of nitrogens with one attached hydrogen (secondary N) is 3. The Morgan fingerprint density at radius 1 is 1.14 bits per heavy atom. The molecule has 0 radical (unpaired) electrons. The van der Waals surface area contributed by atoms with Crippen LogP contribution in [0.2, 0.25) is 0 Å². The van der Waals surface area contributed by atoms with E-state index >= 15 is 0 Å². The molecule has 2 aromatic heterocycles. The maximum atomic E-state index is 13.9. The first kappa shape index (κ1) is 33.8. The van der Waals surface area contributed by atoms with Gasteiger partial charge in [-0.05, 0) is 62.9 Å². The van der Waals surface area contributed by atoms with E-state index in [1.54, 1.807) is 6.07 Å². The van der Waals surface area contributed by atoms with Crippen molar-refractivity contribution in [2.45, 2.75) is 56.2 Å². The third-order valence-corrected chi connectivity index (χ3v) is 10.5. The lowest BCUT2D eigenvalue weighted by molar-refractivity contribution is 0.0477. The molecule has 0 aliphatic carbocycles. The number of benzene rings is 2. The number of alkyl carbamates (subject to hydrolysis) is 1. The van der Waals surface area contributed by atoms with Crippen LogP contribution in [0.15, 0.2) is 42.6 Å². The summed E-state index contributed by atoms with van der Waals surface area (Å²) in [6, 6.07) is 13.1. The van der Waals surface area contributed by atoms with Crippen molar-refractivity contribution < 1.29 is 28.6 Å². The van der Waals surface area contributed by atoms with Crippen molar-refractivity contribution in [1.29, 1.82) is 5.26 Å². The highest BCUT2D eigenvalue weighted by atomic mass is 127. The number of piperidine rings is 1. The van der Waals surface area contributed by atoms with E-state index in [1.807, 2.05) is 51.1 Å². The number of nitriles is 1. The molecule has 0 spiro atoms. The van der Waals surface area contributed by atoms with E-state index in [0.717, 1.165) is 54.9 Å². The molecule has 7 rings (SSSR count). The summed E-state index contributed by atoms with van der Waals surface area (Å²) in [6.45, 7) is 7.99. The van der Waals surface area contributed by atoms with E-state index < -0.39 is 17.5 Å². The van der Waals surface area contributed by atoms with Gasteiger partial charge in [-0.25, -0.2) is 14.6 Å². The summed E-state index contributed by atoms with van der Waals surface area (Å²) >= 11 is 3.36. The highest BCUT2D eigenvalue weighted by molar-refractivity contribution is 14.1. The number of thiophene rings is 1. The number of alkyl halides is 1. The molecule has 0 bridgehead atoms. The number of rotatable bonds is 7. The molecule has 0 unspecified atom stereocenters. The van der Waals surface area contributed by atoms with Gasteiger partial charge in [0.2, 0.25) is 6.79 Å². The predicted molar refractivity (Wildman–Crippen MR) is 198 cm³/mol. The Balaban J connectivity index is 1.07. The molecule has 50 heavy (non-hydrogen) atoms. The van der Waals surface area contributed by atoms with E-state index in [4.69, 9.17) is 14.2 Å². The number of anilines is 4. The Hall–Kier alpha value is -4.66. The van der Waals surface area contributed by atoms with Crippen LogP contribution < -0.4 is 30.3 Å². The third-order valence-electron chi connectivity index (χ3n) is 8.57. The summed E-state index contributed by atoms with van der Waals surface area (Å²) in [7, 11) is 0. The normalized spacial score (nSPS) is 15.8. The van der Waals surface area contributed by atoms with Gasteiger partial charge in [-0.2, -0.15) is 5.26 Å². The topological polar surface area (TPSA) is 158 Å². The number of ether oxygens (including phenoxy) is 3. The molecule has 4 aromatic rings. The van der Waals surface area contributed by atoms with Crippen LogP contribution in [0.5, 0.6) is 11.5 Å². The number of pyridine rings is 1. The molecule has 2 aromatic carbocycles. The number of likely N-dealkylation sites (tertiary alicyclic amines) is 1. The van der Waals surface area contributed by atoms with E-state index in [-0.39, 0.29) is 29.4 Å². The largest absolute Gasteiger partial charge is 0.454 e. The van der Waals surface area contributed by atoms with Crippen molar-refractivity contribution in [2.24, 2.45) is 0 Å². The molecular weight excluding hydrogens is 773 g/mol. The summed E-state index contributed by atoms with van der Waals surface area (Å²) < 4.78 is 17.3. The fraction of sp³-hybridized carbons (Fsp3) is 0.343. The van der Waals surface area contributed by atoms with Crippen LogP contribution in [-0.2, 0) is 15.7 Å². The van der Waals surface area contributed by atoms with Crippen molar-refractivity contribution >= 4 is 84.9 Å². The van der Waals surface area contributed by atoms with Gasteiger partial charge in [0.1, 0.15) is 27.1 Å².